The number of aliphatic hydroxyl groups excluding tert-OH is 1. The fraction of sp³-hybridized carbons (Fsp3) is 0.320. The standard InChI is InChI=1S/C25H27N7O3/c1-16-9-22(29-17(2)28-16)30-23-11-19-10-18(5-6-32(19)31-23)20-12-24(34-8-7-33)27-13-21(20)35-15-25(3,4)14-26/h5-6,9-13,33H,7-8,15H2,1-4H3,(H,28,29,30,31). The minimum Gasteiger partial charge on any atom is -0.490 e. The van der Waals surface area contributed by atoms with Crippen LogP contribution in [-0.4, -0.2) is 49.5 Å². The van der Waals surface area contributed by atoms with Crippen molar-refractivity contribution in [1.82, 2.24) is 24.6 Å². The van der Waals surface area contributed by atoms with Crippen molar-refractivity contribution in [2.24, 2.45) is 5.41 Å². The van der Waals surface area contributed by atoms with Crippen LogP contribution in [0.1, 0.15) is 25.4 Å². The molecule has 0 amide bonds. The third-order valence-electron chi connectivity index (χ3n) is 5.07. The number of anilines is 2. The lowest BCUT2D eigenvalue weighted by atomic mass is 9.97. The highest BCUT2D eigenvalue weighted by atomic mass is 16.5. The van der Waals surface area contributed by atoms with Gasteiger partial charge in [0, 0.05) is 35.7 Å². The third kappa shape index (κ3) is 5.83. The zero-order valence-corrected chi connectivity index (χ0v) is 20.1. The van der Waals surface area contributed by atoms with Crippen LogP contribution in [0.15, 0.2) is 42.7 Å². The van der Waals surface area contributed by atoms with Gasteiger partial charge < -0.3 is 19.9 Å². The topological polar surface area (TPSA) is 130 Å². The quantitative estimate of drug-likeness (QED) is 0.372. The smallest absolute Gasteiger partial charge is 0.214 e. The van der Waals surface area contributed by atoms with Crippen molar-refractivity contribution in [2.45, 2.75) is 27.7 Å². The van der Waals surface area contributed by atoms with Crippen molar-refractivity contribution in [3.8, 4) is 28.8 Å². The van der Waals surface area contributed by atoms with E-state index >= 15 is 0 Å². The van der Waals surface area contributed by atoms with Gasteiger partial charge in [0.25, 0.3) is 0 Å². The summed E-state index contributed by atoms with van der Waals surface area (Å²) in [4.78, 5) is 13.0. The third-order valence-corrected chi connectivity index (χ3v) is 5.07. The second-order valence-corrected chi connectivity index (χ2v) is 8.76. The van der Waals surface area contributed by atoms with Gasteiger partial charge in [-0.3, -0.25) is 0 Å². The van der Waals surface area contributed by atoms with Crippen LogP contribution in [0.25, 0.3) is 16.6 Å². The number of nitrogens with one attached hydrogen (secondary N) is 1. The summed E-state index contributed by atoms with van der Waals surface area (Å²) in [5.74, 6) is 2.90. The van der Waals surface area contributed by atoms with Crippen molar-refractivity contribution in [2.75, 3.05) is 25.1 Å². The van der Waals surface area contributed by atoms with Crippen molar-refractivity contribution >= 4 is 17.2 Å². The van der Waals surface area contributed by atoms with Crippen molar-refractivity contribution in [1.29, 1.82) is 5.26 Å². The molecule has 0 radical (unpaired) electrons. The fourth-order valence-corrected chi connectivity index (χ4v) is 3.42. The maximum absolute atomic E-state index is 9.34. The number of rotatable bonds is 9. The molecule has 0 aromatic carbocycles. The Balaban J connectivity index is 1.67. The molecule has 180 valence electrons. The Morgan fingerprint density at radius 1 is 1.11 bits per heavy atom. The van der Waals surface area contributed by atoms with E-state index in [4.69, 9.17) is 14.6 Å². The lowest BCUT2D eigenvalue weighted by molar-refractivity contribution is 0.195. The van der Waals surface area contributed by atoms with E-state index in [2.05, 4.69) is 31.4 Å². The summed E-state index contributed by atoms with van der Waals surface area (Å²) in [5, 5.41) is 26.2. The number of hydrogen-bond donors (Lipinski definition) is 2. The van der Waals surface area contributed by atoms with E-state index in [1.165, 1.54) is 0 Å². The first-order valence-electron chi connectivity index (χ1n) is 11.1. The molecule has 4 aromatic heterocycles. The van der Waals surface area contributed by atoms with Crippen LogP contribution in [0.2, 0.25) is 0 Å². The summed E-state index contributed by atoms with van der Waals surface area (Å²) in [6.45, 7) is 7.61. The minimum atomic E-state index is -0.656. The van der Waals surface area contributed by atoms with E-state index in [9.17, 15) is 5.26 Å². The summed E-state index contributed by atoms with van der Waals surface area (Å²) < 4.78 is 13.3. The maximum Gasteiger partial charge on any atom is 0.214 e. The number of aryl methyl sites for hydroxylation is 2. The summed E-state index contributed by atoms with van der Waals surface area (Å²) in [6.07, 6.45) is 3.42. The zero-order chi connectivity index (χ0) is 25.0. The molecule has 0 saturated carbocycles. The van der Waals surface area contributed by atoms with Gasteiger partial charge in [-0.05, 0) is 45.4 Å². The summed E-state index contributed by atoms with van der Waals surface area (Å²) in [7, 11) is 0. The molecular weight excluding hydrogens is 446 g/mol. The summed E-state index contributed by atoms with van der Waals surface area (Å²) >= 11 is 0. The monoisotopic (exact) mass is 473 g/mol. The van der Waals surface area contributed by atoms with Gasteiger partial charge in [0.15, 0.2) is 5.82 Å². The van der Waals surface area contributed by atoms with E-state index < -0.39 is 5.41 Å². The van der Waals surface area contributed by atoms with Crippen LogP contribution in [0, 0.1) is 30.6 Å². The molecule has 0 aliphatic rings. The fourth-order valence-electron chi connectivity index (χ4n) is 3.42. The van der Waals surface area contributed by atoms with Crippen LogP contribution in [-0.2, 0) is 0 Å². The number of pyridine rings is 2. The van der Waals surface area contributed by atoms with Crippen LogP contribution in [0.3, 0.4) is 0 Å². The average Bonchev–Trinajstić information content (AvgIpc) is 3.22. The Kier molecular flexibility index (Phi) is 6.80. The van der Waals surface area contributed by atoms with Gasteiger partial charge in [0.2, 0.25) is 5.88 Å². The summed E-state index contributed by atoms with van der Waals surface area (Å²) in [5.41, 5.74) is 2.68. The Bertz CT molecular complexity index is 1370. The van der Waals surface area contributed by atoms with E-state index in [0.717, 1.165) is 22.3 Å². The van der Waals surface area contributed by atoms with Crippen molar-refractivity contribution in [3.05, 3.63) is 54.2 Å². The summed E-state index contributed by atoms with van der Waals surface area (Å²) in [6, 6.07) is 11.7. The van der Waals surface area contributed by atoms with E-state index in [1.54, 1.807) is 16.8 Å². The molecule has 4 rings (SSSR count). The maximum atomic E-state index is 9.34. The van der Waals surface area contributed by atoms with E-state index in [1.807, 2.05) is 58.2 Å². The second kappa shape index (κ2) is 9.95. The van der Waals surface area contributed by atoms with E-state index in [0.29, 0.717) is 29.1 Å². The molecule has 4 heterocycles. The highest BCUT2D eigenvalue weighted by molar-refractivity contribution is 5.75. The lowest BCUT2D eigenvalue weighted by Gasteiger charge is -2.18. The van der Waals surface area contributed by atoms with Gasteiger partial charge in [-0.15, -0.1) is 0 Å². The molecule has 0 aliphatic carbocycles. The molecule has 0 saturated heterocycles. The number of nitriles is 1. The minimum absolute atomic E-state index is 0.117. The largest absolute Gasteiger partial charge is 0.490 e. The molecule has 0 spiro atoms. The molecule has 0 fully saturated rings. The molecular formula is C25H27N7O3. The van der Waals surface area contributed by atoms with Gasteiger partial charge in [0.1, 0.15) is 30.6 Å². The number of nitrogens with zero attached hydrogens (tertiary/aromatic N) is 6. The first kappa shape index (κ1) is 23.9. The Hall–Kier alpha value is -4.23. The Morgan fingerprint density at radius 2 is 1.94 bits per heavy atom. The lowest BCUT2D eigenvalue weighted by Crippen LogP contribution is -2.19. The van der Waals surface area contributed by atoms with Crippen LogP contribution in [0.5, 0.6) is 11.6 Å². The second-order valence-electron chi connectivity index (χ2n) is 8.76. The van der Waals surface area contributed by atoms with Crippen molar-refractivity contribution < 1.29 is 14.6 Å². The zero-order valence-electron chi connectivity index (χ0n) is 20.1. The Labute approximate surface area is 203 Å². The number of ether oxygens (including phenoxy) is 2. The highest BCUT2D eigenvalue weighted by Gasteiger charge is 2.20. The number of aliphatic hydroxyl groups is 1. The average molecular weight is 474 g/mol. The molecule has 4 aromatic rings. The number of aromatic nitrogens is 5. The predicted molar refractivity (Wildman–Crippen MR) is 131 cm³/mol. The molecule has 10 heteroatoms. The first-order valence-corrected chi connectivity index (χ1v) is 11.1. The molecule has 10 nitrogen and oxygen atoms in total. The van der Waals surface area contributed by atoms with Crippen LogP contribution >= 0.6 is 0 Å². The van der Waals surface area contributed by atoms with Gasteiger partial charge in [-0.1, -0.05) is 0 Å². The SMILES string of the molecule is Cc1cc(Nc2cc3cc(-c4cc(OCCO)ncc4OCC(C)(C)C#N)ccn3n2)nc(C)n1. The van der Waals surface area contributed by atoms with Crippen LogP contribution in [0.4, 0.5) is 11.6 Å². The molecule has 0 bridgehead atoms. The normalized spacial score (nSPS) is 11.3. The van der Waals surface area contributed by atoms with E-state index in [-0.39, 0.29) is 19.8 Å². The van der Waals surface area contributed by atoms with Gasteiger partial charge in [-0.2, -0.15) is 10.4 Å². The molecule has 0 atom stereocenters. The molecule has 2 N–H and O–H groups in total. The number of fused-ring (bicyclic) bond motifs is 1. The number of hydrogen-bond acceptors (Lipinski definition) is 9. The highest BCUT2D eigenvalue weighted by Crippen LogP contribution is 2.34. The van der Waals surface area contributed by atoms with Gasteiger partial charge >= 0.3 is 0 Å². The van der Waals surface area contributed by atoms with Gasteiger partial charge in [-0.25, -0.2) is 19.5 Å². The van der Waals surface area contributed by atoms with Gasteiger partial charge in [0.05, 0.1) is 29.8 Å². The Morgan fingerprint density at radius 3 is 2.69 bits per heavy atom. The predicted octanol–water partition coefficient (Wildman–Crippen LogP) is 3.85. The first-order chi connectivity index (χ1) is 16.8. The molecule has 0 aliphatic heterocycles. The van der Waals surface area contributed by atoms with Crippen molar-refractivity contribution in [3.63, 3.8) is 0 Å². The molecule has 35 heavy (non-hydrogen) atoms. The molecule has 0 unspecified atom stereocenters. The van der Waals surface area contributed by atoms with Crippen LogP contribution < -0.4 is 14.8 Å².